The zero-order chi connectivity index (χ0) is 13.6. The summed E-state index contributed by atoms with van der Waals surface area (Å²) in [4.78, 5) is 11.3. The van der Waals surface area contributed by atoms with Gasteiger partial charge in [0, 0.05) is 13.2 Å². The Bertz CT molecular complexity index is 294. The maximum absolute atomic E-state index is 11.3. The predicted octanol–water partition coefficient (Wildman–Crippen LogP) is 3.69. The van der Waals surface area contributed by atoms with Crippen LogP contribution >= 0.6 is 0 Å². The smallest absolute Gasteiger partial charge is 0.338 e. The van der Waals surface area contributed by atoms with Crippen molar-refractivity contribution < 1.29 is 14.3 Å². The van der Waals surface area contributed by atoms with Crippen molar-refractivity contribution in [3.05, 3.63) is 35.9 Å². The third kappa shape index (κ3) is 8.76. The van der Waals surface area contributed by atoms with Gasteiger partial charge in [-0.3, -0.25) is 0 Å². The van der Waals surface area contributed by atoms with Crippen molar-refractivity contribution in [3.63, 3.8) is 0 Å². The average Bonchev–Trinajstić information content (AvgIpc) is 2.41. The molecule has 0 amide bonds. The molecule has 0 spiro atoms. The van der Waals surface area contributed by atoms with Gasteiger partial charge >= 0.3 is 5.97 Å². The van der Waals surface area contributed by atoms with E-state index < -0.39 is 0 Å². The standard InChI is InChI=1S/C11H14O2.C4H10O/c1-2-3-9-13-11(12)10-7-5-4-6-8-10;1-3-5-4-2/h4-8H,2-3,9H2,1H3;3-4H2,1-2H3. The largest absolute Gasteiger partial charge is 0.462 e. The topological polar surface area (TPSA) is 35.5 Å². The molecule has 0 heterocycles. The maximum Gasteiger partial charge on any atom is 0.338 e. The lowest BCUT2D eigenvalue weighted by Crippen LogP contribution is -2.05. The van der Waals surface area contributed by atoms with Crippen LogP contribution in [-0.4, -0.2) is 25.8 Å². The first-order valence-electron chi connectivity index (χ1n) is 6.56. The number of hydrogen-bond acceptors (Lipinski definition) is 3. The Labute approximate surface area is 110 Å². The van der Waals surface area contributed by atoms with Gasteiger partial charge < -0.3 is 9.47 Å². The second kappa shape index (κ2) is 12.1. The summed E-state index contributed by atoms with van der Waals surface area (Å²) in [6.07, 6.45) is 1.97. The fourth-order valence-electron chi connectivity index (χ4n) is 1.17. The number of ether oxygens (including phenoxy) is 2. The Balaban J connectivity index is 0.000000494. The highest BCUT2D eigenvalue weighted by atomic mass is 16.5. The molecule has 1 aromatic rings. The number of carbonyl (C=O) groups excluding carboxylic acids is 1. The van der Waals surface area contributed by atoms with Crippen LogP contribution in [0.4, 0.5) is 0 Å². The van der Waals surface area contributed by atoms with Gasteiger partial charge in [-0.1, -0.05) is 31.5 Å². The molecule has 0 bridgehead atoms. The molecule has 3 heteroatoms. The molecular weight excluding hydrogens is 228 g/mol. The van der Waals surface area contributed by atoms with Gasteiger partial charge in [0.05, 0.1) is 12.2 Å². The molecule has 3 nitrogen and oxygen atoms in total. The predicted molar refractivity (Wildman–Crippen MR) is 73.8 cm³/mol. The second-order valence-corrected chi connectivity index (χ2v) is 3.64. The van der Waals surface area contributed by atoms with E-state index in [0.717, 1.165) is 26.1 Å². The van der Waals surface area contributed by atoms with Crippen molar-refractivity contribution in [3.8, 4) is 0 Å². The SMILES string of the molecule is CCCCOC(=O)c1ccccc1.CCOCC. The number of esters is 1. The number of rotatable bonds is 6. The Morgan fingerprint density at radius 3 is 2.11 bits per heavy atom. The molecule has 0 aromatic heterocycles. The summed E-state index contributed by atoms with van der Waals surface area (Å²) in [5.74, 6) is -0.228. The number of benzene rings is 1. The summed E-state index contributed by atoms with van der Waals surface area (Å²) >= 11 is 0. The maximum atomic E-state index is 11.3. The van der Waals surface area contributed by atoms with E-state index in [-0.39, 0.29) is 5.97 Å². The van der Waals surface area contributed by atoms with Crippen LogP contribution in [-0.2, 0) is 9.47 Å². The summed E-state index contributed by atoms with van der Waals surface area (Å²) in [5.41, 5.74) is 0.624. The second-order valence-electron chi connectivity index (χ2n) is 3.64. The van der Waals surface area contributed by atoms with E-state index in [9.17, 15) is 4.79 Å². The molecule has 1 rings (SSSR count). The minimum Gasteiger partial charge on any atom is -0.462 e. The molecule has 0 aliphatic heterocycles. The zero-order valence-electron chi connectivity index (χ0n) is 11.6. The molecule has 102 valence electrons. The lowest BCUT2D eigenvalue weighted by molar-refractivity contribution is 0.0500. The molecule has 0 saturated carbocycles. The lowest BCUT2D eigenvalue weighted by atomic mass is 10.2. The molecule has 0 fully saturated rings. The zero-order valence-corrected chi connectivity index (χ0v) is 11.6. The molecule has 0 unspecified atom stereocenters. The molecular formula is C15H24O3. The highest BCUT2D eigenvalue weighted by Crippen LogP contribution is 2.01. The van der Waals surface area contributed by atoms with Crippen LogP contribution in [0, 0.1) is 0 Å². The number of unbranched alkanes of at least 4 members (excludes halogenated alkanes) is 1. The molecule has 1 aromatic carbocycles. The fourth-order valence-corrected chi connectivity index (χ4v) is 1.17. The first-order valence-corrected chi connectivity index (χ1v) is 6.56. The average molecular weight is 252 g/mol. The van der Waals surface area contributed by atoms with E-state index in [1.807, 2.05) is 32.0 Å². The molecule has 18 heavy (non-hydrogen) atoms. The Hall–Kier alpha value is -1.35. The van der Waals surface area contributed by atoms with Gasteiger partial charge in [0.2, 0.25) is 0 Å². The molecule has 0 saturated heterocycles. The van der Waals surface area contributed by atoms with Gasteiger partial charge in [0.15, 0.2) is 0 Å². The van der Waals surface area contributed by atoms with Crippen molar-refractivity contribution in [1.29, 1.82) is 0 Å². The summed E-state index contributed by atoms with van der Waals surface area (Å²) < 4.78 is 9.86. The number of carbonyl (C=O) groups is 1. The van der Waals surface area contributed by atoms with Crippen LogP contribution in [0.1, 0.15) is 44.0 Å². The van der Waals surface area contributed by atoms with Crippen LogP contribution in [0.5, 0.6) is 0 Å². The van der Waals surface area contributed by atoms with Gasteiger partial charge in [-0.15, -0.1) is 0 Å². The number of hydrogen-bond donors (Lipinski definition) is 0. The van der Waals surface area contributed by atoms with Gasteiger partial charge in [-0.25, -0.2) is 4.79 Å². The fraction of sp³-hybridized carbons (Fsp3) is 0.533. The van der Waals surface area contributed by atoms with Crippen LogP contribution in [0.15, 0.2) is 30.3 Å². The Morgan fingerprint density at radius 1 is 1.06 bits per heavy atom. The quantitative estimate of drug-likeness (QED) is 0.572. The highest BCUT2D eigenvalue weighted by Gasteiger charge is 2.03. The van der Waals surface area contributed by atoms with E-state index in [1.165, 1.54) is 0 Å². The monoisotopic (exact) mass is 252 g/mol. The molecule has 0 N–H and O–H groups in total. The van der Waals surface area contributed by atoms with E-state index in [4.69, 9.17) is 9.47 Å². The first-order chi connectivity index (χ1) is 8.76. The van der Waals surface area contributed by atoms with Crippen LogP contribution in [0.2, 0.25) is 0 Å². The summed E-state index contributed by atoms with van der Waals surface area (Å²) in [5, 5.41) is 0. The van der Waals surface area contributed by atoms with Crippen LogP contribution in [0.3, 0.4) is 0 Å². The van der Waals surface area contributed by atoms with Crippen molar-refractivity contribution in [2.24, 2.45) is 0 Å². The van der Waals surface area contributed by atoms with Gasteiger partial charge in [0.1, 0.15) is 0 Å². The summed E-state index contributed by atoms with van der Waals surface area (Å²) in [6.45, 7) is 8.25. The molecule has 0 radical (unpaired) electrons. The Kier molecular flexibility index (Phi) is 11.2. The minimum atomic E-state index is -0.228. The van der Waals surface area contributed by atoms with Gasteiger partial charge in [-0.2, -0.15) is 0 Å². The van der Waals surface area contributed by atoms with E-state index in [2.05, 4.69) is 6.92 Å². The Morgan fingerprint density at radius 2 is 1.67 bits per heavy atom. The van der Waals surface area contributed by atoms with E-state index in [1.54, 1.807) is 12.1 Å². The van der Waals surface area contributed by atoms with Crippen LogP contribution < -0.4 is 0 Å². The van der Waals surface area contributed by atoms with Crippen molar-refractivity contribution in [2.75, 3.05) is 19.8 Å². The van der Waals surface area contributed by atoms with Crippen molar-refractivity contribution >= 4 is 5.97 Å². The lowest BCUT2D eigenvalue weighted by Gasteiger charge is -2.02. The normalized spacial score (nSPS) is 9.28. The van der Waals surface area contributed by atoms with E-state index in [0.29, 0.717) is 12.2 Å². The van der Waals surface area contributed by atoms with Crippen molar-refractivity contribution in [1.82, 2.24) is 0 Å². The van der Waals surface area contributed by atoms with Gasteiger partial charge in [0.25, 0.3) is 0 Å². The molecule has 0 aliphatic carbocycles. The van der Waals surface area contributed by atoms with Gasteiger partial charge in [-0.05, 0) is 32.4 Å². The minimum absolute atomic E-state index is 0.228. The molecule has 0 atom stereocenters. The van der Waals surface area contributed by atoms with Crippen molar-refractivity contribution in [2.45, 2.75) is 33.6 Å². The third-order valence-corrected chi connectivity index (χ3v) is 2.15. The van der Waals surface area contributed by atoms with E-state index >= 15 is 0 Å². The summed E-state index contributed by atoms with van der Waals surface area (Å²) in [7, 11) is 0. The third-order valence-electron chi connectivity index (χ3n) is 2.15. The first kappa shape index (κ1) is 16.6. The molecule has 0 aliphatic rings. The van der Waals surface area contributed by atoms with Crippen LogP contribution in [0.25, 0.3) is 0 Å². The summed E-state index contributed by atoms with van der Waals surface area (Å²) in [6, 6.07) is 9.05. The highest BCUT2D eigenvalue weighted by molar-refractivity contribution is 5.89.